The third-order valence-electron chi connectivity index (χ3n) is 3.15. The van der Waals surface area contributed by atoms with Gasteiger partial charge in [-0.15, -0.1) is 0 Å². The highest BCUT2D eigenvalue weighted by molar-refractivity contribution is 5.88. The Morgan fingerprint density at radius 2 is 1.85 bits per heavy atom. The van der Waals surface area contributed by atoms with Gasteiger partial charge in [-0.3, -0.25) is 4.79 Å². The van der Waals surface area contributed by atoms with E-state index in [2.05, 4.69) is 0 Å². The molecule has 4 heteroatoms. The van der Waals surface area contributed by atoms with Crippen molar-refractivity contribution in [3.05, 3.63) is 59.2 Å². The first-order valence-corrected chi connectivity index (χ1v) is 6.21. The summed E-state index contributed by atoms with van der Waals surface area (Å²) in [4.78, 5) is 11.1. The molecule has 0 bridgehead atoms. The molecule has 2 aromatic carbocycles. The Kier molecular flexibility index (Phi) is 3.93. The van der Waals surface area contributed by atoms with Gasteiger partial charge >= 0.3 is 6.18 Å². The van der Waals surface area contributed by atoms with E-state index in [0.29, 0.717) is 11.8 Å². The van der Waals surface area contributed by atoms with Crippen LogP contribution in [0.15, 0.2) is 42.5 Å². The summed E-state index contributed by atoms with van der Waals surface area (Å²) in [6, 6.07) is 10.7. The SMILES string of the molecule is CCc1cccc(-c2ccc(C(F)(F)F)cc2C=O)c1. The van der Waals surface area contributed by atoms with Crippen LogP contribution in [0.5, 0.6) is 0 Å². The normalized spacial score (nSPS) is 11.4. The van der Waals surface area contributed by atoms with Crippen molar-refractivity contribution in [2.24, 2.45) is 0 Å². The predicted molar refractivity (Wildman–Crippen MR) is 71.6 cm³/mol. The van der Waals surface area contributed by atoms with Gasteiger partial charge in [-0.2, -0.15) is 13.2 Å². The van der Waals surface area contributed by atoms with Crippen LogP contribution in [0.1, 0.15) is 28.4 Å². The number of benzene rings is 2. The largest absolute Gasteiger partial charge is 0.416 e. The zero-order valence-corrected chi connectivity index (χ0v) is 10.9. The number of hydrogen-bond donors (Lipinski definition) is 0. The first-order valence-electron chi connectivity index (χ1n) is 6.21. The molecule has 0 saturated carbocycles. The van der Waals surface area contributed by atoms with Gasteiger partial charge in [0, 0.05) is 5.56 Å². The number of alkyl halides is 3. The Morgan fingerprint density at radius 1 is 1.10 bits per heavy atom. The molecule has 0 heterocycles. The average Bonchev–Trinajstić information content (AvgIpc) is 2.45. The lowest BCUT2D eigenvalue weighted by atomic mass is 9.96. The molecule has 0 unspecified atom stereocenters. The molecule has 0 fully saturated rings. The summed E-state index contributed by atoms with van der Waals surface area (Å²) in [7, 11) is 0. The fourth-order valence-electron chi connectivity index (χ4n) is 2.06. The maximum absolute atomic E-state index is 12.6. The first-order chi connectivity index (χ1) is 9.45. The van der Waals surface area contributed by atoms with Crippen LogP contribution in [0, 0.1) is 0 Å². The van der Waals surface area contributed by atoms with Gasteiger partial charge in [0.1, 0.15) is 0 Å². The van der Waals surface area contributed by atoms with E-state index < -0.39 is 11.7 Å². The number of halogens is 3. The second kappa shape index (κ2) is 5.49. The quantitative estimate of drug-likeness (QED) is 0.741. The van der Waals surface area contributed by atoms with E-state index in [1.807, 2.05) is 25.1 Å². The van der Waals surface area contributed by atoms with Crippen molar-refractivity contribution < 1.29 is 18.0 Å². The van der Waals surface area contributed by atoms with Crippen LogP contribution < -0.4 is 0 Å². The van der Waals surface area contributed by atoms with Gasteiger partial charge in [-0.05, 0) is 35.2 Å². The van der Waals surface area contributed by atoms with Gasteiger partial charge in [0.05, 0.1) is 5.56 Å². The molecule has 0 aromatic heterocycles. The smallest absolute Gasteiger partial charge is 0.298 e. The molecule has 0 aliphatic heterocycles. The van der Waals surface area contributed by atoms with Crippen LogP contribution in [-0.2, 0) is 12.6 Å². The van der Waals surface area contributed by atoms with E-state index in [1.54, 1.807) is 6.07 Å². The lowest BCUT2D eigenvalue weighted by Crippen LogP contribution is -2.06. The Hall–Kier alpha value is -2.10. The van der Waals surface area contributed by atoms with Gasteiger partial charge in [-0.1, -0.05) is 37.3 Å². The van der Waals surface area contributed by atoms with Crippen molar-refractivity contribution in [3.8, 4) is 11.1 Å². The molecule has 0 aliphatic rings. The second-order valence-electron chi connectivity index (χ2n) is 4.47. The maximum Gasteiger partial charge on any atom is 0.416 e. The zero-order chi connectivity index (χ0) is 14.8. The zero-order valence-electron chi connectivity index (χ0n) is 10.9. The highest BCUT2D eigenvalue weighted by Crippen LogP contribution is 2.33. The highest BCUT2D eigenvalue weighted by Gasteiger charge is 2.31. The maximum atomic E-state index is 12.6. The predicted octanol–water partition coefficient (Wildman–Crippen LogP) is 4.75. The summed E-state index contributed by atoms with van der Waals surface area (Å²) >= 11 is 0. The minimum absolute atomic E-state index is 0.0491. The average molecular weight is 278 g/mol. The number of aryl methyl sites for hydroxylation is 1. The summed E-state index contributed by atoms with van der Waals surface area (Å²) in [5.41, 5.74) is 1.57. The van der Waals surface area contributed by atoms with Crippen LogP contribution in [0.3, 0.4) is 0 Å². The van der Waals surface area contributed by atoms with Gasteiger partial charge in [-0.25, -0.2) is 0 Å². The molecular weight excluding hydrogens is 265 g/mol. The van der Waals surface area contributed by atoms with Crippen molar-refractivity contribution in [3.63, 3.8) is 0 Å². The van der Waals surface area contributed by atoms with Crippen molar-refractivity contribution in [2.75, 3.05) is 0 Å². The Morgan fingerprint density at radius 3 is 2.45 bits per heavy atom. The fourth-order valence-corrected chi connectivity index (χ4v) is 2.06. The Bertz CT molecular complexity index is 630. The van der Waals surface area contributed by atoms with Gasteiger partial charge in [0.25, 0.3) is 0 Å². The second-order valence-corrected chi connectivity index (χ2v) is 4.47. The fraction of sp³-hybridized carbons (Fsp3) is 0.188. The third kappa shape index (κ3) is 2.90. The molecule has 104 valence electrons. The molecule has 0 N–H and O–H groups in total. The number of carbonyl (C=O) groups excluding carboxylic acids is 1. The van der Waals surface area contributed by atoms with Crippen LogP contribution in [0.4, 0.5) is 13.2 Å². The van der Waals surface area contributed by atoms with Crippen molar-refractivity contribution in [1.29, 1.82) is 0 Å². The molecule has 2 aromatic rings. The van der Waals surface area contributed by atoms with E-state index in [1.165, 1.54) is 6.07 Å². The number of rotatable bonds is 3. The van der Waals surface area contributed by atoms with Crippen LogP contribution in [-0.4, -0.2) is 6.29 Å². The number of hydrogen-bond acceptors (Lipinski definition) is 1. The van der Waals surface area contributed by atoms with E-state index in [9.17, 15) is 18.0 Å². The number of aldehydes is 1. The standard InChI is InChI=1S/C16H13F3O/c1-2-11-4-3-5-12(8-11)15-7-6-14(16(17,18)19)9-13(15)10-20/h3-10H,2H2,1H3. The van der Waals surface area contributed by atoms with Crippen LogP contribution >= 0.6 is 0 Å². The van der Waals surface area contributed by atoms with Crippen LogP contribution in [0.2, 0.25) is 0 Å². The van der Waals surface area contributed by atoms with Gasteiger partial charge in [0.2, 0.25) is 0 Å². The molecule has 0 aliphatic carbocycles. The molecule has 1 nitrogen and oxygen atoms in total. The summed E-state index contributed by atoms with van der Waals surface area (Å²) in [5.74, 6) is 0. The molecule has 0 radical (unpaired) electrons. The lowest BCUT2D eigenvalue weighted by molar-refractivity contribution is -0.137. The minimum atomic E-state index is -4.44. The topological polar surface area (TPSA) is 17.1 Å². The monoisotopic (exact) mass is 278 g/mol. The molecular formula is C16H13F3O. The van der Waals surface area contributed by atoms with Gasteiger partial charge in [0.15, 0.2) is 6.29 Å². The van der Waals surface area contributed by atoms with Crippen molar-refractivity contribution in [2.45, 2.75) is 19.5 Å². The summed E-state index contributed by atoms with van der Waals surface area (Å²) in [5, 5.41) is 0. The van der Waals surface area contributed by atoms with E-state index in [0.717, 1.165) is 29.7 Å². The van der Waals surface area contributed by atoms with Crippen LogP contribution in [0.25, 0.3) is 11.1 Å². The molecule has 20 heavy (non-hydrogen) atoms. The summed E-state index contributed by atoms with van der Waals surface area (Å²) in [6.45, 7) is 1.99. The molecule has 0 saturated heterocycles. The molecule has 0 atom stereocenters. The minimum Gasteiger partial charge on any atom is -0.298 e. The van der Waals surface area contributed by atoms with E-state index >= 15 is 0 Å². The first kappa shape index (κ1) is 14.3. The lowest BCUT2D eigenvalue weighted by Gasteiger charge is -2.11. The molecule has 2 rings (SSSR count). The van der Waals surface area contributed by atoms with Gasteiger partial charge < -0.3 is 0 Å². The third-order valence-corrected chi connectivity index (χ3v) is 3.15. The van der Waals surface area contributed by atoms with E-state index in [-0.39, 0.29) is 5.56 Å². The number of carbonyl (C=O) groups is 1. The molecule has 0 amide bonds. The van der Waals surface area contributed by atoms with Crippen molar-refractivity contribution in [1.82, 2.24) is 0 Å². The summed E-state index contributed by atoms with van der Waals surface area (Å²) < 4.78 is 37.9. The Balaban J connectivity index is 2.54. The van der Waals surface area contributed by atoms with Crippen molar-refractivity contribution >= 4 is 6.29 Å². The summed E-state index contributed by atoms with van der Waals surface area (Å²) in [6.07, 6.45) is -3.16. The highest BCUT2D eigenvalue weighted by atomic mass is 19.4. The van der Waals surface area contributed by atoms with E-state index in [4.69, 9.17) is 0 Å². The molecule has 0 spiro atoms. The Labute approximate surface area is 115 Å².